The summed E-state index contributed by atoms with van der Waals surface area (Å²) in [6.07, 6.45) is 0.531. The first kappa shape index (κ1) is 21.2. The van der Waals surface area contributed by atoms with Crippen molar-refractivity contribution in [2.75, 3.05) is 13.7 Å². The summed E-state index contributed by atoms with van der Waals surface area (Å²) in [5, 5.41) is 6.42. The van der Waals surface area contributed by atoms with Crippen LogP contribution in [0.25, 0.3) is 0 Å². The molecule has 5 nitrogen and oxygen atoms in total. The number of carbonyl (C=O) groups excluding carboxylic acids is 1. The zero-order valence-electron chi connectivity index (χ0n) is 15.9. The smallest absolute Gasteiger partial charge is 0.407 e. The third-order valence-corrected chi connectivity index (χ3v) is 3.52. The molecule has 0 rings (SSSR count). The van der Waals surface area contributed by atoms with Crippen LogP contribution in [0.15, 0.2) is 0 Å². The van der Waals surface area contributed by atoms with Crippen molar-refractivity contribution in [3.8, 4) is 0 Å². The zero-order valence-corrected chi connectivity index (χ0v) is 15.9. The molecule has 0 aromatic carbocycles. The maximum absolute atomic E-state index is 11.8. The zero-order chi connectivity index (χ0) is 17.6. The summed E-state index contributed by atoms with van der Waals surface area (Å²) in [6, 6.07) is 0.484. The summed E-state index contributed by atoms with van der Waals surface area (Å²) in [5.74, 6) is 0.406. The molecule has 0 fully saturated rings. The molecule has 0 heterocycles. The Labute approximate surface area is 136 Å². The molecule has 132 valence electrons. The first-order chi connectivity index (χ1) is 9.86. The van der Waals surface area contributed by atoms with Crippen molar-refractivity contribution in [1.29, 1.82) is 0 Å². The van der Waals surface area contributed by atoms with E-state index in [2.05, 4.69) is 45.3 Å². The van der Waals surface area contributed by atoms with E-state index in [-0.39, 0.29) is 17.7 Å². The van der Waals surface area contributed by atoms with Crippen molar-refractivity contribution in [1.82, 2.24) is 10.6 Å². The third kappa shape index (κ3) is 10.0. The molecule has 2 N–H and O–H groups in total. The highest BCUT2D eigenvalue weighted by Gasteiger charge is 2.24. The van der Waals surface area contributed by atoms with Crippen molar-refractivity contribution in [2.24, 2.45) is 5.92 Å². The van der Waals surface area contributed by atoms with Gasteiger partial charge in [-0.1, -0.05) is 13.8 Å². The van der Waals surface area contributed by atoms with Gasteiger partial charge in [0.05, 0.1) is 5.60 Å². The second-order valence-corrected chi connectivity index (χ2v) is 7.97. The summed E-state index contributed by atoms with van der Waals surface area (Å²) in [4.78, 5) is 11.8. The van der Waals surface area contributed by atoms with Gasteiger partial charge in [0, 0.05) is 25.7 Å². The average molecular weight is 316 g/mol. The van der Waals surface area contributed by atoms with E-state index >= 15 is 0 Å². The maximum atomic E-state index is 11.8. The van der Waals surface area contributed by atoms with Crippen molar-refractivity contribution >= 4 is 6.09 Å². The highest BCUT2D eigenvalue weighted by molar-refractivity contribution is 5.67. The molecule has 0 aromatic heterocycles. The van der Waals surface area contributed by atoms with Crippen molar-refractivity contribution in [2.45, 2.75) is 85.1 Å². The Bertz CT molecular complexity index is 335. The summed E-state index contributed by atoms with van der Waals surface area (Å²) in [6.45, 7) is 16.7. The van der Waals surface area contributed by atoms with Crippen LogP contribution in [0.2, 0.25) is 0 Å². The lowest BCUT2D eigenvalue weighted by molar-refractivity contribution is 0.00700. The molecule has 0 bridgehead atoms. The van der Waals surface area contributed by atoms with Gasteiger partial charge < -0.3 is 20.1 Å². The van der Waals surface area contributed by atoms with Crippen LogP contribution >= 0.6 is 0 Å². The Morgan fingerprint density at radius 3 is 2.05 bits per heavy atom. The molecule has 1 amide bonds. The van der Waals surface area contributed by atoms with E-state index in [4.69, 9.17) is 9.47 Å². The van der Waals surface area contributed by atoms with Gasteiger partial charge in [-0.05, 0) is 53.9 Å². The lowest BCUT2D eigenvalue weighted by Gasteiger charge is -2.32. The van der Waals surface area contributed by atoms with Crippen LogP contribution in [0.1, 0.15) is 61.8 Å². The normalized spacial score (nSPS) is 15.5. The van der Waals surface area contributed by atoms with Gasteiger partial charge in [-0.3, -0.25) is 0 Å². The molecule has 0 saturated heterocycles. The lowest BCUT2D eigenvalue weighted by Crippen LogP contribution is -2.49. The van der Waals surface area contributed by atoms with E-state index < -0.39 is 5.60 Å². The Balaban J connectivity index is 4.41. The second-order valence-electron chi connectivity index (χ2n) is 7.97. The molecule has 0 aliphatic rings. The number of hydrogen-bond acceptors (Lipinski definition) is 4. The number of nitrogens with one attached hydrogen (secondary N) is 2. The van der Waals surface area contributed by atoms with Gasteiger partial charge in [0.15, 0.2) is 0 Å². The first-order valence-electron chi connectivity index (χ1n) is 8.14. The molecule has 0 radical (unpaired) electrons. The Hall–Kier alpha value is -0.810. The molecule has 5 heteroatoms. The van der Waals surface area contributed by atoms with Crippen molar-refractivity contribution in [3.63, 3.8) is 0 Å². The fourth-order valence-electron chi connectivity index (χ4n) is 2.24. The quantitative estimate of drug-likeness (QED) is 0.721. The predicted octanol–water partition coefficient (Wildman–Crippen LogP) is 3.33. The molecular formula is C17H36N2O3. The van der Waals surface area contributed by atoms with Crippen LogP contribution in [0.4, 0.5) is 4.79 Å². The second kappa shape index (κ2) is 8.73. The van der Waals surface area contributed by atoms with E-state index in [1.54, 1.807) is 7.11 Å². The van der Waals surface area contributed by atoms with Gasteiger partial charge in [-0.2, -0.15) is 0 Å². The maximum Gasteiger partial charge on any atom is 0.407 e. The molecule has 0 aliphatic carbocycles. The molecule has 2 unspecified atom stereocenters. The van der Waals surface area contributed by atoms with Gasteiger partial charge >= 0.3 is 6.09 Å². The molecule has 0 aromatic rings. The Morgan fingerprint density at radius 2 is 1.64 bits per heavy atom. The predicted molar refractivity (Wildman–Crippen MR) is 91.2 cm³/mol. The van der Waals surface area contributed by atoms with Crippen LogP contribution in [-0.4, -0.2) is 43.0 Å². The standard InChI is InChI=1S/C17H36N2O3/c1-12(2)14(11-18-15(20)22-16(4,5)6)19-13(3)10-17(7,8)21-9/h12-14,19H,10-11H2,1-9H3,(H,18,20). The fraction of sp³-hybridized carbons (Fsp3) is 0.941. The van der Waals surface area contributed by atoms with Crippen LogP contribution < -0.4 is 10.6 Å². The number of methoxy groups -OCH3 is 1. The van der Waals surface area contributed by atoms with E-state index in [9.17, 15) is 4.79 Å². The molecule has 2 atom stereocenters. The highest BCUT2D eigenvalue weighted by atomic mass is 16.6. The molecule has 0 aliphatic heterocycles. The highest BCUT2D eigenvalue weighted by Crippen LogP contribution is 2.16. The molecular weight excluding hydrogens is 280 g/mol. The summed E-state index contributed by atoms with van der Waals surface area (Å²) in [7, 11) is 1.73. The van der Waals surface area contributed by atoms with E-state index in [0.29, 0.717) is 18.5 Å². The topological polar surface area (TPSA) is 59.6 Å². The molecule has 0 saturated carbocycles. The van der Waals surface area contributed by atoms with Gasteiger partial charge in [0.25, 0.3) is 0 Å². The lowest BCUT2D eigenvalue weighted by atomic mass is 9.97. The van der Waals surface area contributed by atoms with Crippen LogP contribution in [0.3, 0.4) is 0 Å². The minimum Gasteiger partial charge on any atom is -0.444 e. The SMILES string of the molecule is COC(C)(C)CC(C)NC(CNC(=O)OC(C)(C)C)C(C)C. The summed E-state index contributed by atoms with van der Waals surface area (Å²) >= 11 is 0. The van der Waals surface area contributed by atoms with E-state index in [0.717, 1.165) is 6.42 Å². The van der Waals surface area contributed by atoms with Crippen LogP contribution in [0, 0.1) is 5.92 Å². The Morgan fingerprint density at radius 1 is 1.09 bits per heavy atom. The monoisotopic (exact) mass is 316 g/mol. The number of ether oxygens (including phenoxy) is 2. The number of alkyl carbamates (subject to hydrolysis) is 1. The average Bonchev–Trinajstić information content (AvgIpc) is 2.31. The van der Waals surface area contributed by atoms with E-state index in [1.807, 2.05) is 20.8 Å². The van der Waals surface area contributed by atoms with Gasteiger partial charge in [-0.25, -0.2) is 4.79 Å². The number of hydrogen-bond donors (Lipinski definition) is 2. The van der Waals surface area contributed by atoms with Crippen LogP contribution in [-0.2, 0) is 9.47 Å². The Kier molecular flexibility index (Phi) is 8.40. The van der Waals surface area contributed by atoms with Crippen LogP contribution in [0.5, 0.6) is 0 Å². The van der Waals surface area contributed by atoms with Gasteiger partial charge in [0.1, 0.15) is 5.60 Å². The summed E-state index contributed by atoms with van der Waals surface area (Å²) < 4.78 is 10.7. The first-order valence-corrected chi connectivity index (χ1v) is 8.14. The van der Waals surface area contributed by atoms with Gasteiger partial charge in [0.2, 0.25) is 0 Å². The van der Waals surface area contributed by atoms with Gasteiger partial charge in [-0.15, -0.1) is 0 Å². The largest absolute Gasteiger partial charge is 0.444 e. The minimum atomic E-state index is -0.472. The minimum absolute atomic E-state index is 0.160. The summed E-state index contributed by atoms with van der Waals surface area (Å²) in [5.41, 5.74) is -0.632. The van der Waals surface area contributed by atoms with Crippen molar-refractivity contribution < 1.29 is 14.3 Å². The fourth-order valence-corrected chi connectivity index (χ4v) is 2.24. The third-order valence-electron chi connectivity index (χ3n) is 3.52. The van der Waals surface area contributed by atoms with E-state index in [1.165, 1.54) is 0 Å². The number of carbonyl (C=O) groups is 1. The molecule has 22 heavy (non-hydrogen) atoms. The van der Waals surface area contributed by atoms with Crippen molar-refractivity contribution in [3.05, 3.63) is 0 Å². The molecule has 0 spiro atoms. The number of amides is 1. The number of rotatable bonds is 8.